The Morgan fingerprint density at radius 2 is 1.67 bits per heavy atom. The minimum Gasteiger partial charge on any atom is -0.439 e. The average Bonchev–Trinajstić information content (AvgIpc) is 3.14. The van der Waals surface area contributed by atoms with Gasteiger partial charge in [0.1, 0.15) is 11.9 Å². The normalized spacial score (nSPS) is 26.8. The minimum atomic E-state index is -1.01. The van der Waals surface area contributed by atoms with Crippen molar-refractivity contribution in [2.75, 3.05) is 27.3 Å². The molecule has 0 saturated carbocycles. The van der Waals surface area contributed by atoms with Gasteiger partial charge < -0.3 is 41.0 Å². The monoisotopic (exact) mass is 766 g/mol. The molecule has 1 aliphatic heterocycles. The maximum atomic E-state index is 13.9. The Kier molecular flexibility index (Phi) is 17.7. The van der Waals surface area contributed by atoms with E-state index in [2.05, 4.69) is 16.0 Å². The van der Waals surface area contributed by atoms with Gasteiger partial charge in [-0.1, -0.05) is 51.0 Å². The number of halogens is 1. The summed E-state index contributed by atoms with van der Waals surface area (Å²) in [4.78, 5) is 64.7. The number of aliphatic hydroxyl groups excluding tert-OH is 1. The number of methoxy groups -OCH3 is 2. The van der Waals surface area contributed by atoms with Crippen molar-refractivity contribution >= 4 is 29.5 Å². The van der Waals surface area contributed by atoms with Gasteiger partial charge >= 0.3 is 6.09 Å². The highest BCUT2D eigenvalue weighted by Gasteiger charge is 2.33. The molecule has 14 heteroatoms. The summed E-state index contributed by atoms with van der Waals surface area (Å²) in [6, 6.07) is 5.33. The third-order valence-corrected chi connectivity index (χ3v) is 9.59. The van der Waals surface area contributed by atoms with Gasteiger partial charge in [0.05, 0.1) is 23.6 Å². The molecule has 1 heterocycles. The third-order valence-electron chi connectivity index (χ3n) is 9.59. The highest BCUT2D eigenvalue weighted by Crippen LogP contribution is 2.29. The van der Waals surface area contributed by atoms with Crippen LogP contribution in [0.1, 0.15) is 76.6 Å². The van der Waals surface area contributed by atoms with Crippen molar-refractivity contribution in [2.45, 2.75) is 90.6 Å². The SMILES string of the molecule is CO[C@H]1/C=C\C=C(/C)C(=O)NC2=CC(=O)C(NCCCCCCNC(=O)c3ccc(F)cc3)=C(C[C@@H](C)C[C@H](OC)[C@H](O)[C@@H](C)/C=C(\C)[C@@H]1OC(N)=O)C2=O. The molecule has 0 unspecified atom stereocenters. The van der Waals surface area contributed by atoms with E-state index >= 15 is 0 Å². The van der Waals surface area contributed by atoms with E-state index in [0.717, 1.165) is 25.3 Å². The molecule has 0 fully saturated rings. The van der Waals surface area contributed by atoms with Crippen molar-refractivity contribution in [1.82, 2.24) is 16.0 Å². The standard InChI is InChI=1S/C41H55FN4O9/c1-24-20-30-35(44-18-9-7-8-10-19-45-40(51)28-14-16-29(42)17-15-28)32(47)23-31(37(30)49)46-39(50)25(2)12-11-13-33(53-5)38(55-41(43)52)27(4)22-26(3)36(48)34(21-24)54-6/h11-17,22-24,26,33-34,36,38,44,48H,7-10,18-21H2,1-6H3,(H2,43,52)(H,45,51)(H,46,50)/b13-11-,25-12+,27-22+/t24-,26+,33+,34+,36-,38+/m1/s1. The Morgan fingerprint density at radius 1 is 1.00 bits per heavy atom. The van der Waals surface area contributed by atoms with Gasteiger partial charge in [-0.15, -0.1) is 0 Å². The zero-order valence-electron chi connectivity index (χ0n) is 32.5. The number of hydrogen-bond donors (Lipinski definition) is 5. The first kappa shape index (κ1) is 44.5. The Balaban J connectivity index is 1.79. The molecule has 2 aliphatic rings. The largest absolute Gasteiger partial charge is 0.439 e. The number of carbonyl (C=O) groups excluding carboxylic acids is 5. The van der Waals surface area contributed by atoms with E-state index in [1.54, 1.807) is 39.0 Å². The van der Waals surface area contributed by atoms with Crippen LogP contribution in [-0.4, -0.2) is 86.3 Å². The van der Waals surface area contributed by atoms with E-state index in [0.29, 0.717) is 37.1 Å². The van der Waals surface area contributed by atoms with Crippen molar-refractivity contribution in [3.8, 4) is 0 Å². The van der Waals surface area contributed by atoms with Crippen LogP contribution >= 0.6 is 0 Å². The molecule has 13 nitrogen and oxygen atoms in total. The molecule has 0 aromatic heterocycles. The number of nitrogens with one attached hydrogen (secondary N) is 3. The van der Waals surface area contributed by atoms with Gasteiger partial charge in [0.15, 0.2) is 6.10 Å². The molecule has 1 aromatic rings. The van der Waals surface area contributed by atoms with E-state index < -0.39 is 59.7 Å². The Bertz CT molecular complexity index is 1700. The number of aliphatic hydroxyl groups is 1. The van der Waals surface area contributed by atoms with Gasteiger partial charge in [0.25, 0.3) is 11.8 Å². The Labute approximate surface area is 322 Å². The number of ketones is 2. The Morgan fingerprint density at radius 3 is 2.31 bits per heavy atom. The quantitative estimate of drug-likeness (QED) is 0.115. The maximum absolute atomic E-state index is 13.9. The second-order valence-corrected chi connectivity index (χ2v) is 14.0. The predicted molar refractivity (Wildman–Crippen MR) is 205 cm³/mol. The fraction of sp³-hybridized carbons (Fsp3) is 0.488. The fourth-order valence-corrected chi connectivity index (χ4v) is 6.50. The molecule has 1 aliphatic carbocycles. The summed E-state index contributed by atoms with van der Waals surface area (Å²) in [5, 5.41) is 20.0. The summed E-state index contributed by atoms with van der Waals surface area (Å²) < 4.78 is 29.8. The van der Waals surface area contributed by atoms with E-state index in [1.165, 1.54) is 44.6 Å². The van der Waals surface area contributed by atoms with Gasteiger partial charge in [0, 0.05) is 56.0 Å². The van der Waals surface area contributed by atoms with Crippen LogP contribution in [-0.2, 0) is 28.6 Å². The first-order valence-electron chi connectivity index (χ1n) is 18.5. The number of hydrogen-bond acceptors (Lipinski definition) is 10. The summed E-state index contributed by atoms with van der Waals surface area (Å²) in [7, 11) is 2.91. The fourth-order valence-electron chi connectivity index (χ4n) is 6.50. The van der Waals surface area contributed by atoms with Crippen molar-refractivity contribution in [3.05, 3.63) is 94.1 Å². The summed E-state index contributed by atoms with van der Waals surface area (Å²) in [5.74, 6) is -2.95. The van der Waals surface area contributed by atoms with Crippen molar-refractivity contribution < 1.29 is 47.7 Å². The van der Waals surface area contributed by atoms with Gasteiger partial charge in [0.2, 0.25) is 11.6 Å². The topological polar surface area (TPSA) is 195 Å². The molecular weight excluding hydrogens is 711 g/mol. The molecule has 6 N–H and O–H groups in total. The zero-order chi connectivity index (χ0) is 40.7. The smallest absolute Gasteiger partial charge is 0.405 e. The number of allylic oxidation sites excluding steroid dienone is 4. The predicted octanol–water partition coefficient (Wildman–Crippen LogP) is 4.48. The number of fused-ring (bicyclic) bond motifs is 2. The summed E-state index contributed by atoms with van der Waals surface area (Å²) in [5.41, 5.74) is 6.79. The van der Waals surface area contributed by atoms with Crippen LogP contribution in [0.2, 0.25) is 0 Å². The van der Waals surface area contributed by atoms with Crippen LogP contribution in [0.25, 0.3) is 0 Å². The number of nitrogens with two attached hydrogens (primary N) is 1. The number of benzene rings is 1. The number of carbonyl (C=O) groups is 5. The highest BCUT2D eigenvalue weighted by molar-refractivity contribution is 6.23. The van der Waals surface area contributed by atoms with Gasteiger partial charge in [-0.2, -0.15) is 0 Å². The van der Waals surface area contributed by atoms with Crippen LogP contribution in [0.15, 0.2) is 82.8 Å². The van der Waals surface area contributed by atoms with Gasteiger partial charge in [-0.05, 0) is 75.3 Å². The molecule has 0 saturated heterocycles. The first-order chi connectivity index (χ1) is 26.2. The molecule has 0 spiro atoms. The summed E-state index contributed by atoms with van der Waals surface area (Å²) in [6.45, 7) is 7.82. The first-order valence-corrected chi connectivity index (χ1v) is 18.5. The summed E-state index contributed by atoms with van der Waals surface area (Å²) >= 11 is 0. The number of ether oxygens (including phenoxy) is 3. The second kappa shape index (κ2) is 21.8. The molecule has 6 atom stereocenters. The van der Waals surface area contributed by atoms with Crippen LogP contribution in [0.3, 0.4) is 0 Å². The molecule has 3 amide bonds. The third kappa shape index (κ3) is 13.4. The van der Waals surface area contributed by atoms with Crippen LogP contribution in [0.5, 0.6) is 0 Å². The van der Waals surface area contributed by atoms with Crippen LogP contribution in [0, 0.1) is 17.7 Å². The molecule has 1 aromatic carbocycles. The van der Waals surface area contributed by atoms with E-state index in [1.807, 2.05) is 6.92 Å². The number of primary amides is 1. The second-order valence-electron chi connectivity index (χ2n) is 14.0. The van der Waals surface area contributed by atoms with E-state index in [4.69, 9.17) is 19.9 Å². The maximum Gasteiger partial charge on any atom is 0.405 e. The van der Waals surface area contributed by atoms with Crippen molar-refractivity contribution in [2.24, 2.45) is 17.6 Å². The van der Waals surface area contributed by atoms with Gasteiger partial charge in [-0.25, -0.2) is 9.18 Å². The highest BCUT2D eigenvalue weighted by atomic mass is 19.1. The van der Waals surface area contributed by atoms with Gasteiger partial charge in [-0.3, -0.25) is 19.2 Å². The molecule has 2 bridgehead atoms. The zero-order valence-corrected chi connectivity index (χ0v) is 32.5. The lowest BCUT2D eigenvalue weighted by molar-refractivity contribution is -0.120. The Hall–Kier alpha value is -4.92. The van der Waals surface area contributed by atoms with Crippen LogP contribution < -0.4 is 21.7 Å². The lowest BCUT2D eigenvalue weighted by atomic mass is 9.85. The van der Waals surface area contributed by atoms with E-state index in [9.17, 15) is 33.5 Å². The number of rotatable bonds is 12. The molecular formula is C41H55FN4O9. The number of Topliss-reactive ketones (excluding diaryl/α,β-unsaturated/α-hetero) is 1. The number of amides is 3. The molecule has 3 rings (SSSR count). The minimum absolute atomic E-state index is 0.151. The van der Waals surface area contributed by atoms with Crippen LogP contribution in [0.4, 0.5) is 9.18 Å². The molecule has 0 radical (unpaired) electrons. The number of unbranched alkanes of at least 4 members (excludes halogenated alkanes) is 3. The lowest BCUT2D eigenvalue weighted by Crippen LogP contribution is -2.38. The van der Waals surface area contributed by atoms with Crippen molar-refractivity contribution in [1.29, 1.82) is 0 Å². The summed E-state index contributed by atoms with van der Waals surface area (Å²) in [6.07, 6.45) is 6.55. The van der Waals surface area contributed by atoms with Crippen molar-refractivity contribution in [3.63, 3.8) is 0 Å². The lowest BCUT2D eigenvalue weighted by Gasteiger charge is -2.30. The molecule has 55 heavy (non-hydrogen) atoms. The molecule has 300 valence electrons. The van der Waals surface area contributed by atoms with E-state index in [-0.39, 0.29) is 40.8 Å². The average molecular weight is 767 g/mol.